The minimum atomic E-state index is 0.534. The minimum Gasteiger partial charge on any atom is -0.493 e. The van der Waals surface area contributed by atoms with Gasteiger partial charge in [0.1, 0.15) is 5.82 Å². The fourth-order valence-corrected chi connectivity index (χ4v) is 2.32. The van der Waals surface area contributed by atoms with Crippen molar-refractivity contribution in [1.29, 1.82) is 0 Å². The molecular weight excluding hydrogens is 290 g/mol. The topological polar surface area (TPSA) is 56.3 Å². The highest BCUT2D eigenvalue weighted by Crippen LogP contribution is 2.35. The van der Waals surface area contributed by atoms with Crippen molar-refractivity contribution in [2.24, 2.45) is 0 Å². The lowest BCUT2D eigenvalue weighted by atomic mass is 10.2. The SMILES string of the molecule is COc1cc(CNCc2ccnc(C)n2)cc(Cl)c1OC. The maximum atomic E-state index is 6.18. The van der Waals surface area contributed by atoms with E-state index in [0.29, 0.717) is 29.6 Å². The van der Waals surface area contributed by atoms with Crippen molar-refractivity contribution in [3.8, 4) is 11.5 Å². The van der Waals surface area contributed by atoms with Gasteiger partial charge >= 0.3 is 0 Å². The van der Waals surface area contributed by atoms with Crippen molar-refractivity contribution in [3.63, 3.8) is 0 Å². The van der Waals surface area contributed by atoms with E-state index in [1.807, 2.05) is 25.1 Å². The predicted octanol–water partition coefficient (Wildman–Crippen LogP) is 2.75. The van der Waals surface area contributed by atoms with Crippen LogP contribution in [0.25, 0.3) is 0 Å². The molecule has 0 atom stereocenters. The molecule has 0 saturated carbocycles. The minimum absolute atomic E-state index is 0.534. The summed E-state index contributed by atoms with van der Waals surface area (Å²) in [6.45, 7) is 3.19. The van der Waals surface area contributed by atoms with Crippen LogP contribution >= 0.6 is 11.6 Å². The van der Waals surface area contributed by atoms with Gasteiger partial charge in [-0.2, -0.15) is 0 Å². The highest BCUT2D eigenvalue weighted by molar-refractivity contribution is 6.32. The van der Waals surface area contributed by atoms with Gasteiger partial charge in [-0.15, -0.1) is 0 Å². The van der Waals surface area contributed by atoms with Gasteiger partial charge in [0.15, 0.2) is 11.5 Å². The summed E-state index contributed by atoms with van der Waals surface area (Å²) in [4.78, 5) is 8.41. The Bertz CT molecular complexity index is 620. The number of nitrogens with one attached hydrogen (secondary N) is 1. The van der Waals surface area contributed by atoms with Crippen LogP contribution in [0, 0.1) is 6.92 Å². The molecule has 0 spiro atoms. The van der Waals surface area contributed by atoms with Crippen molar-refractivity contribution in [2.45, 2.75) is 20.0 Å². The lowest BCUT2D eigenvalue weighted by Gasteiger charge is -2.12. The van der Waals surface area contributed by atoms with Gasteiger partial charge in [-0.05, 0) is 30.7 Å². The maximum Gasteiger partial charge on any atom is 0.179 e. The molecular formula is C15H18ClN3O2. The molecule has 0 amide bonds. The quantitative estimate of drug-likeness (QED) is 0.889. The molecule has 0 aliphatic heterocycles. The van der Waals surface area contributed by atoms with Crippen LogP contribution in [0.15, 0.2) is 24.4 Å². The van der Waals surface area contributed by atoms with Crippen molar-refractivity contribution in [2.75, 3.05) is 14.2 Å². The molecule has 1 aromatic heterocycles. The van der Waals surface area contributed by atoms with E-state index in [2.05, 4.69) is 15.3 Å². The molecule has 0 saturated heterocycles. The van der Waals surface area contributed by atoms with Crippen LogP contribution < -0.4 is 14.8 Å². The number of halogens is 1. The first kappa shape index (κ1) is 15.5. The van der Waals surface area contributed by atoms with E-state index < -0.39 is 0 Å². The summed E-state index contributed by atoms with van der Waals surface area (Å²) >= 11 is 6.18. The normalized spacial score (nSPS) is 10.5. The number of aryl methyl sites for hydroxylation is 1. The van der Waals surface area contributed by atoms with Crippen LogP contribution in [0.5, 0.6) is 11.5 Å². The molecule has 0 radical (unpaired) electrons. The highest BCUT2D eigenvalue weighted by atomic mass is 35.5. The highest BCUT2D eigenvalue weighted by Gasteiger charge is 2.10. The number of hydrogen-bond donors (Lipinski definition) is 1. The Labute approximate surface area is 129 Å². The molecule has 0 unspecified atom stereocenters. The zero-order valence-corrected chi connectivity index (χ0v) is 13.1. The maximum absolute atomic E-state index is 6.18. The van der Waals surface area contributed by atoms with E-state index >= 15 is 0 Å². The van der Waals surface area contributed by atoms with Gasteiger partial charge < -0.3 is 14.8 Å². The second-order valence-corrected chi connectivity index (χ2v) is 4.92. The summed E-state index contributed by atoms with van der Waals surface area (Å²) in [5.74, 6) is 1.94. The van der Waals surface area contributed by atoms with Crippen LogP contribution in [0.1, 0.15) is 17.1 Å². The molecule has 1 N–H and O–H groups in total. The van der Waals surface area contributed by atoms with Crippen molar-refractivity contribution in [1.82, 2.24) is 15.3 Å². The second kappa shape index (κ2) is 7.24. The van der Waals surface area contributed by atoms with Gasteiger partial charge in [0.05, 0.1) is 24.9 Å². The van der Waals surface area contributed by atoms with E-state index in [1.165, 1.54) is 0 Å². The molecule has 2 aromatic rings. The predicted molar refractivity (Wildman–Crippen MR) is 81.9 cm³/mol. The standard InChI is InChI=1S/C15H18ClN3O2/c1-10-18-5-4-12(19-10)9-17-8-11-6-13(16)15(21-3)14(7-11)20-2/h4-7,17H,8-9H2,1-3H3. The third-order valence-electron chi connectivity index (χ3n) is 2.96. The number of methoxy groups -OCH3 is 2. The Morgan fingerprint density at radius 2 is 2.00 bits per heavy atom. The molecule has 2 rings (SSSR count). The Hall–Kier alpha value is -1.85. The zero-order valence-electron chi connectivity index (χ0n) is 12.3. The molecule has 0 aliphatic rings. The molecule has 0 aliphatic carbocycles. The van der Waals surface area contributed by atoms with Gasteiger partial charge in [-0.25, -0.2) is 9.97 Å². The molecule has 6 heteroatoms. The Kier molecular flexibility index (Phi) is 5.36. The fourth-order valence-electron chi connectivity index (χ4n) is 2.01. The molecule has 1 heterocycles. The second-order valence-electron chi connectivity index (χ2n) is 4.51. The van der Waals surface area contributed by atoms with Crippen molar-refractivity contribution in [3.05, 3.63) is 46.5 Å². The van der Waals surface area contributed by atoms with Gasteiger partial charge in [0.25, 0.3) is 0 Å². The first-order valence-electron chi connectivity index (χ1n) is 6.53. The summed E-state index contributed by atoms with van der Waals surface area (Å²) in [6.07, 6.45) is 1.76. The molecule has 112 valence electrons. The van der Waals surface area contributed by atoms with Gasteiger partial charge in [-0.1, -0.05) is 11.6 Å². The lowest BCUT2D eigenvalue weighted by molar-refractivity contribution is 0.354. The van der Waals surface area contributed by atoms with Gasteiger partial charge in [0.2, 0.25) is 0 Å². The van der Waals surface area contributed by atoms with E-state index in [4.69, 9.17) is 21.1 Å². The van der Waals surface area contributed by atoms with Crippen LogP contribution in [0.3, 0.4) is 0 Å². The summed E-state index contributed by atoms with van der Waals surface area (Å²) in [7, 11) is 3.16. The molecule has 5 nitrogen and oxygen atoms in total. The van der Waals surface area contributed by atoms with Crippen LogP contribution in [0.4, 0.5) is 0 Å². The first-order valence-corrected chi connectivity index (χ1v) is 6.91. The number of benzene rings is 1. The number of rotatable bonds is 6. The Morgan fingerprint density at radius 3 is 2.67 bits per heavy atom. The van der Waals surface area contributed by atoms with Crippen LogP contribution in [-0.2, 0) is 13.1 Å². The molecule has 0 fully saturated rings. The average Bonchev–Trinajstić information content (AvgIpc) is 2.46. The average molecular weight is 308 g/mol. The third-order valence-corrected chi connectivity index (χ3v) is 3.24. The van der Waals surface area contributed by atoms with Gasteiger partial charge in [0, 0.05) is 19.3 Å². The summed E-state index contributed by atoms with van der Waals surface area (Å²) in [5.41, 5.74) is 1.97. The first-order chi connectivity index (χ1) is 10.1. The number of nitrogens with zero attached hydrogens (tertiary/aromatic N) is 2. The Morgan fingerprint density at radius 1 is 1.19 bits per heavy atom. The number of ether oxygens (including phenoxy) is 2. The summed E-state index contributed by atoms with van der Waals surface area (Å²) in [6, 6.07) is 5.66. The van der Waals surface area contributed by atoms with E-state index in [-0.39, 0.29) is 0 Å². The molecule has 21 heavy (non-hydrogen) atoms. The largest absolute Gasteiger partial charge is 0.493 e. The monoisotopic (exact) mass is 307 g/mol. The molecule has 1 aromatic carbocycles. The van der Waals surface area contributed by atoms with Crippen LogP contribution in [-0.4, -0.2) is 24.2 Å². The lowest BCUT2D eigenvalue weighted by Crippen LogP contribution is -2.14. The number of aromatic nitrogens is 2. The summed E-state index contributed by atoms with van der Waals surface area (Å²) in [5, 5.41) is 3.85. The van der Waals surface area contributed by atoms with E-state index in [1.54, 1.807) is 20.4 Å². The van der Waals surface area contributed by atoms with Gasteiger partial charge in [-0.3, -0.25) is 0 Å². The third kappa shape index (κ3) is 4.06. The van der Waals surface area contributed by atoms with Crippen molar-refractivity contribution < 1.29 is 9.47 Å². The van der Waals surface area contributed by atoms with E-state index in [0.717, 1.165) is 17.1 Å². The summed E-state index contributed by atoms with van der Waals surface area (Å²) < 4.78 is 10.5. The zero-order chi connectivity index (χ0) is 15.2. The van der Waals surface area contributed by atoms with Crippen molar-refractivity contribution >= 4 is 11.6 Å². The smallest absolute Gasteiger partial charge is 0.179 e. The van der Waals surface area contributed by atoms with E-state index in [9.17, 15) is 0 Å². The fraction of sp³-hybridized carbons (Fsp3) is 0.333. The van der Waals surface area contributed by atoms with Crippen LogP contribution in [0.2, 0.25) is 5.02 Å². The number of hydrogen-bond acceptors (Lipinski definition) is 5. The molecule has 0 bridgehead atoms. The Balaban J connectivity index is 2.02.